The molecular formula is C19H22N4O2S2. The molecule has 4 rings (SSSR count). The first-order valence-corrected chi connectivity index (χ1v) is 11.5. The summed E-state index contributed by atoms with van der Waals surface area (Å²) in [6.07, 6.45) is 12.3. The normalized spacial score (nSPS) is 17.8. The van der Waals surface area contributed by atoms with Gasteiger partial charge in [-0.3, -0.25) is 0 Å². The third-order valence-electron chi connectivity index (χ3n) is 4.74. The third-order valence-corrected chi connectivity index (χ3v) is 7.52. The molecule has 6 nitrogen and oxygen atoms in total. The van der Waals surface area contributed by atoms with Crippen molar-refractivity contribution < 1.29 is 8.42 Å². The van der Waals surface area contributed by atoms with Gasteiger partial charge in [-0.25, -0.2) is 17.9 Å². The number of likely N-dealkylation sites (N-methyl/N-ethyl adjacent to an activating group) is 1. The van der Waals surface area contributed by atoms with E-state index < -0.39 is 9.84 Å². The van der Waals surface area contributed by atoms with Crippen LogP contribution in [0.2, 0.25) is 0 Å². The van der Waals surface area contributed by atoms with E-state index in [4.69, 9.17) is 0 Å². The molecule has 0 saturated carbocycles. The monoisotopic (exact) mass is 402 g/mol. The van der Waals surface area contributed by atoms with Crippen LogP contribution in [-0.4, -0.2) is 47.3 Å². The van der Waals surface area contributed by atoms with Gasteiger partial charge in [0.15, 0.2) is 10.5 Å². The van der Waals surface area contributed by atoms with E-state index in [1.807, 2.05) is 19.1 Å². The molecule has 0 N–H and O–H groups in total. The van der Waals surface area contributed by atoms with Gasteiger partial charge in [0.2, 0.25) is 9.84 Å². The second-order valence-corrected chi connectivity index (χ2v) is 9.80. The number of thioether (sulfide) groups is 1. The zero-order valence-electron chi connectivity index (χ0n) is 15.4. The maximum atomic E-state index is 13.5. The summed E-state index contributed by atoms with van der Waals surface area (Å²) >= 11 is 1.44. The maximum absolute atomic E-state index is 13.5. The van der Waals surface area contributed by atoms with Gasteiger partial charge >= 0.3 is 0 Å². The van der Waals surface area contributed by atoms with E-state index in [2.05, 4.69) is 22.0 Å². The Morgan fingerprint density at radius 2 is 2.15 bits per heavy atom. The fourth-order valence-electron chi connectivity index (χ4n) is 3.41. The molecule has 0 aromatic carbocycles. The molecule has 27 heavy (non-hydrogen) atoms. The highest BCUT2D eigenvalue weighted by molar-refractivity contribution is 8.00. The summed E-state index contributed by atoms with van der Waals surface area (Å²) in [6.45, 7) is 3.72. The van der Waals surface area contributed by atoms with Gasteiger partial charge in [0.25, 0.3) is 0 Å². The number of hydrogen-bond donors (Lipinski definition) is 0. The molecule has 0 unspecified atom stereocenters. The molecule has 1 aliphatic carbocycles. The van der Waals surface area contributed by atoms with Crippen molar-refractivity contribution in [1.82, 2.24) is 19.5 Å². The Morgan fingerprint density at radius 3 is 2.96 bits per heavy atom. The van der Waals surface area contributed by atoms with Crippen molar-refractivity contribution in [2.24, 2.45) is 0 Å². The predicted octanol–water partition coefficient (Wildman–Crippen LogP) is 3.00. The van der Waals surface area contributed by atoms with Crippen molar-refractivity contribution in [3.63, 3.8) is 0 Å². The molecule has 8 heteroatoms. The van der Waals surface area contributed by atoms with Crippen LogP contribution < -0.4 is 0 Å². The highest BCUT2D eigenvalue weighted by Gasteiger charge is 2.31. The van der Waals surface area contributed by atoms with Crippen molar-refractivity contribution in [2.75, 3.05) is 19.3 Å². The van der Waals surface area contributed by atoms with Crippen LogP contribution in [0.25, 0.3) is 5.65 Å². The Morgan fingerprint density at radius 1 is 1.30 bits per heavy atom. The number of allylic oxidation sites excluding steroid dienone is 5. The van der Waals surface area contributed by atoms with E-state index >= 15 is 0 Å². The number of aromatic nitrogens is 3. The number of nitrogens with zero attached hydrogens (tertiary/aromatic N) is 4. The van der Waals surface area contributed by atoms with Crippen molar-refractivity contribution in [3.05, 3.63) is 52.7 Å². The van der Waals surface area contributed by atoms with Crippen molar-refractivity contribution in [2.45, 2.75) is 36.2 Å². The van der Waals surface area contributed by atoms with Crippen LogP contribution in [0.3, 0.4) is 0 Å². The van der Waals surface area contributed by atoms with Crippen LogP contribution in [0.5, 0.6) is 0 Å². The van der Waals surface area contributed by atoms with Crippen LogP contribution in [0.4, 0.5) is 0 Å². The standard InChI is InChI=1S/C19H22N4O2S2/c1-3-26-19-17(27(24,25)15-8-6-4-5-7-9-15)18-20-12-14-13-22(2)11-10-16(14)23(18)21-19/h4,6-9,12H,3,5,10-11,13H2,1-2H3. The molecule has 0 spiro atoms. The zero-order chi connectivity index (χ0) is 19.0. The lowest BCUT2D eigenvalue weighted by Gasteiger charge is -2.24. The van der Waals surface area contributed by atoms with Crippen LogP contribution in [0.15, 0.2) is 51.4 Å². The van der Waals surface area contributed by atoms with E-state index in [1.54, 1.807) is 28.9 Å². The minimum Gasteiger partial charge on any atom is -0.302 e. The Bertz CT molecular complexity index is 1080. The zero-order valence-corrected chi connectivity index (χ0v) is 17.1. The molecule has 2 aromatic heterocycles. The molecule has 2 aromatic rings. The maximum Gasteiger partial charge on any atom is 0.213 e. The van der Waals surface area contributed by atoms with Gasteiger partial charge in [-0.1, -0.05) is 25.2 Å². The van der Waals surface area contributed by atoms with E-state index in [0.29, 0.717) is 10.7 Å². The lowest BCUT2D eigenvalue weighted by Crippen LogP contribution is -2.28. The average molecular weight is 403 g/mol. The van der Waals surface area contributed by atoms with Crippen molar-refractivity contribution >= 4 is 27.2 Å². The molecule has 0 radical (unpaired) electrons. The quantitative estimate of drug-likeness (QED) is 0.733. The summed E-state index contributed by atoms with van der Waals surface area (Å²) in [5.41, 5.74) is 2.59. The molecule has 3 heterocycles. The highest BCUT2D eigenvalue weighted by Crippen LogP contribution is 2.34. The van der Waals surface area contributed by atoms with E-state index in [9.17, 15) is 8.42 Å². The lowest BCUT2D eigenvalue weighted by molar-refractivity contribution is 0.307. The highest BCUT2D eigenvalue weighted by atomic mass is 32.2. The van der Waals surface area contributed by atoms with Gasteiger partial charge in [-0.2, -0.15) is 5.10 Å². The molecule has 0 fully saturated rings. The van der Waals surface area contributed by atoms with E-state index in [1.165, 1.54) is 11.8 Å². The van der Waals surface area contributed by atoms with Gasteiger partial charge in [-0.15, -0.1) is 11.8 Å². The molecule has 2 aliphatic rings. The Hall–Kier alpha value is -1.90. The second kappa shape index (κ2) is 7.26. The molecule has 0 saturated heterocycles. The third kappa shape index (κ3) is 3.26. The molecule has 1 aliphatic heterocycles. The lowest BCUT2D eigenvalue weighted by atomic mass is 10.1. The number of rotatable bonds is 4. The van der Waals surface area contributed by atoms with E-state index in [0.717, 1.165) is 42.9 Å². The van der Waals surface area contributed by atoms with Crippen molar-refractivity contribution in [3.8, 4) is 0 Å². The van der Waals surface area contributed by atoms with Gasteiger partial charge in [0.05, 0.1) is 10.6 Å². The van der Waals surface area contributed by atoms with Crippen LogP contribution in [0.1, 0.15) is 24.6 Å². The smallest absolute Gasteiger partial charge is 0.213 e. The fraction of sp³-hybridized carbons (Fsp3) is 0.368. The van der Waals surface area contributed by atoms with Gasteiger partial charge in [0.1, 0.15) is 5.03 Å². The summed E-state index contributed by atoms with van der Waals surface area (Å²) in [7, 11) is -1.64. The fourth-order valence-corrected chi connectivity index (χ4v) is 5.97. The average Bonchev–Trinajstić information content (AvgIpc) is 2.81. The van der Waals surface area contributed by atoms with Gasteiger partial charge in [0, 0.05) is 31.3 Å². The Kier molecular flexibility index (Phi) is 4.96. The number of fused-ring (bicyclic) bond motifs is 3. The van der Waals surface area contributed by atoms with E-state index in [-0.39, 0.29) is 9.80 Å². The first-order chi connectivity index (χ1) is 13.0. The first kappa shape index (κ1) is 18.5. The predicted molar refractivity (Wildman–Crippen MR) is 108 cm³/mol. The largest absolute Gasteiger partial charge is 0.302 e. The molecule has 0 bridgehead atoms. The minimum atomic E-state index is -3.71. The first-order valence-electron chi connectivity index (χ1n) is 9.01. The molecular weight excluding hydrogens is 380 g/mol. The summed E-state index contributed by atoms with van der Waals surface area (Å²) in [5, 5.41) is 5.20. The second-order valence-electron chi connectivity index (χ2n) is 6.66. The summed E-state index contributed by atoms with van der Waals surface area (Å²) in [5.74, 6) is 0.742. The molecule has 0 amide bonds. The Balaban J connectivity index is 1.95. The van der Waals surface area contributed by atoms with Crippen molar-refractivity contribution in [1.29, 1.82) is 0 Å². The van der Waals surface area contributed by atoms with Crippen LogP contribution in [-0.2, 0) is 22.8 Å². The summed E-state index contributed by atoms with van der Waals surface area (Å²) < 4.78 is 28.7. The molecule has 142 valence electrons. The molecule has 0 atom stereocenters. The van der Waals surface area contributed by atoms with Gasteiger partial charge < -0.3 is 4.90 Å². The van der Waals surface area contributed by atoms with Crippen LogP contribution >= 0.6 is 11.8 Å². The van der Waals surface area contributed by atoms with Gasteiger partial charge in [-0.05, 0) is 31.4 Å². The minimum absolute atomic E-state index is 0.224. The van der Waals surface area contributed by atoms with Crippen LogP contribution in [0, 0.1) is 0 Å². The number of sulfone groups is 1. The number of hydrogen-bond acceptors (Lipinski definition) is 6. The Labute approximate surface area is 163 Å². The SMILES string of the molecule is CCSc1nn2c3c(cnc2c1S(=O)(=O)C1=CC=CCC=C1)CN(C)CC3. The summed E-state index contributed by atoms with van der Waals surface area (Å²) in [6, 6.07) is 0. The summed E-state index contributed by atoms with van der Waals surface area (Å²) in [4.78, 5) is 7.26. The topological polar surface area (TPSA) is 67.6 Å².